The van der Waals surface area contributed by atoms with E-state index in [1.165, 1.54) is 19.2 Å². The summed E-state index contributed by atoms with van der Waals surface area (Å²) in [5.74, 6) is 0.507. The summed E-state index contributed by atoms with van der Waals surface area (Å²) in [6.07, 6.45) is 0. The standard InChI is InChI=1S/C11H11NO4S/c1-7-5-11(17(13,14)15)9-6-8(16-2)3-4-10(9)12-7/h3-6H,1-2H3,(H,13,14,15). The van der Waals surface area contributed by atoms with Gasteiger partial charge in [-0.25, -0.2) is 0 Å². The van der Waals surface area contributed by atoms with Crippen molar-refractivity contribution in [3.63, 3.8) is 0 Å². The first-order valence-corrected chi connectivity index (χ1v) is 6.29. The lowest BCUT2D eigenvalue weighted by Gasteiger charge is -2.07. The van der Waals surface area contributed by atoms with E-state index >= 15 is 0 Å². The molecule has 0 aliphatic carbocycles. The molecule has 5 nitrogen and oxygen atoms in total. The summed E-state index contributed by atoms with van der Waals surface area (Å²) in [6, 6.07) is 6.19. The van der Waals surface area contributed by atoms with Crippen molar-refractivity contribution in [2.75, 3.05) is 7.11 Å². The Bertz CT molecular complexity index is 679. The Morgan fingerprint density at radius 3 is 2.59 bits per heavy atom. The van der Waals surface area contributed by atoms with Crippen molar-refractivity contribution in [1.82, 2.24) is 4.98 Å². The van der Waals surface area contributed by atoms with E-state index in [0.29, 0.717) is 22.3 Å². The molecule has 0 aliphatic heterocycles. The first kappa shape index (κ1) is 11.8. The highest BCUT2D eigenvalue weighted by Gasteiger charge is 2.16. The highest BCUT2D eigenvalue weighted by Crippen LogP contribution is 2.26. The Hall–Kier alpha value is -1.66. The lowest BCUT2D eigenvalue weighted by molar-refractivity contribution is 0.415. The smallest absolute Gasteiger partial charge is 0.295 e. The normalized spacial score (nSPS) is 11.7. The molecule has 1 N–H and O–H groups in total. The highest BCUT2D eigenvalue weighted by atomic mass is 32.2. The molecule has 90 valence electrons. The molecule has 0 unspecified atom stereocenters. The molecule has 0 amide bonds. The van der Waals surface area contributed by atoms with Crippen molar-refractivity contribution >= 4 is 21.0 Å². The summed E-state index contributed by atoms with van der Waals surface area (Å²) in [5.41, 5.74) is 1.02. The Morgan fingerprint density at radius 2 is 2.00 bits per heavy atom. The molecule has 0 radical (unpaired) electrons. The van der Waals surface area contributed by atoms with E-state index in [-0.39, 0.29) is 4.90 Å². The van der Waals surface area contributed by atoms with Crippen LogP contribution in [-0.4, -0.2) is 25.1 Å². The SMILES string of the molecule is COc1ccc2nc(C)cc(S(=O)(=O)O)c2c1. The highest BCUT2D eigenvalue weighted by molar-refractivity contribution is 7.86. The van der Waals surface area contributed by atoms with Crippen LogP contribution in [0.25, 0.3) is 10.9 Å². The Labute approximate surface area is 98.8 Å². The van der Waals surface area contributed by atoms with Crippen LogP contribution in [0.15, 0.2) is 29.2 Å². The third-order valence-electron chi connectivity index (χ3n) is 2.38. The van der Waals surface area contributed by atoms with Gasteiger partial charge in [0.1, 0.15) is 10.6 Å². The third-order valence-corrected chi connectivity index (χ3v) is 3.28. The maximum Gasteiger partial charge on any atom is 0.295 e. The fourth-order valence-corrected chi connectivity index (χ4v) is 2.40. The van der Waals surface area contributed by atoms with E-state index in [1.54, 1.807) is 19.1 Å². The summed E-state index contributed by atoms with van der Waals surface area (Å²) in [7, 11) is -2.79. The first-order chi connectivity index (χ1) is 7.91. The predicted molar refractivity (Wildman–Crippen MR) is 62.8 cm³/mol. The van der Waals surface area contributed by atoms with Crippen molar-refractivity contribution in [1.29, 1.82) is 0 Å². The van der Waals surface area contributed by atoms with Gasteiger partial charge in [0, 0.05) is 11.1 Å². The van der Waals surface area contributed by atoms with Gasteiger partial charge in [-0.05, 0) is 31.2 Å². The molecule has 1 aromatic carbocycles. The van der Waals surface area contributed by atoms with Crippen LogP contribution in [0.4, 0.5) is 0 Å². The molecular formula is C11H11NO4S. The van der Waals surface area contributed by atoms with Crippen molar-refractivity contribution in [3.8, 4) is 5.75 Å². The molecule has 2 aromatic rings. The second-order valence-electron chi connectivity index (χ2n) is 3.62. The van der Waals surface area contributed by atoms with Crippen LogP contribution >= 0.6 is 0 Å². The quantitative estimate of drug-likeness (QED) is 0.826. The lowest BCUT2D eigenvalue weighted by atomic mass is 10.2. The van der Waals surface area contributed by atoms with Crippen molar-refractivity contribution < 1.29 is 17.7 Å². The van der Waals surface area contributed by atoms with E-state index in [4.69, 9.17) is 4.74 Å². The van der Waals surface area contributed by atoms with Gasteiger partial charge < -0.3 is 4.74 Å². The minimum atomic E-state index is -4.27. The summed E-state index contributed by atoms with van der Waals surface area (Å²) in [6.45, 7) is 1.67. The van der Waals surface area contributed by atoms with E-state index in [9.17, 15) is 13.0 Å². The number of methoxy groups -OCH3 is 1. The molecule has 0 atom stereocenters. The number of hydrogen-bond donors (Lipinski definition) is 1. The number of aromatic nitrogens is 1. The number of hydrogen-bond acceptors (Lipinski definition) is 4. The number of aryl methyl sites for hydroxylation is 1. The summed E-state index contributed by atoms with van der Waals surface area (Å²) >= 11 is 0. The number of ether oxygens (including phenoxy) is 1. The number of nitrogens with zero attached hydrogens (tertiary/aromatic N) is 1. The van der Waals surface area contributed by atoms with Crippen LogP contribution in [0.1, 0.15) is 5.69 Å². The van der Waals surface area contributed by atoms with Gasteiger partial charge >= 0.3 is 0 Å². The average molecular weight is 253 g/mol. The molecule has 0 fully saturated rings. The van der Waals surface area contributed by atoms with Crippen LogP contribution in [0.3, 0.4) is 0 Å². The van der Waals surface area contributed by atoms with Crippen LogP contribution in [0, 0.1) is 6.92 Å². The van der Waals surface area contributed by atoms with E-state index in [2.05, 4.69) is 4.98 Å². The molecule has 0 aliphatic rings. The molecule has 6 heteroatoms. The fraction of sp³-hybridized carbons (Fsp3) is 0.182. The Morgan fingerprint density at radius 1 is 1.29 bits per heavy atom. The van der Waals surface area contributed by atoms with Crippen LogP contribution in [0.5, 0.6) is 5.75 Å². The molecule has 1 aromatic heterocycles. The molecule has 0 saturated carbocycles. The number of fused-ring (bicyclic) bond motifs is 1. The summed E-state index contributed by atoms with van der Waals surface area (Å²) in [4.78, 5) is 4.04. The second-order valence-corrected chi connectivity index (χ2v) is 5.01. The minimum Gasteiger partial charge on any atom is -0.497 e. The first-order valence-electron chi connectivity index (χ1n) is 4.85. The van der Waals surface area contributed by atoms with Gasteiger partial charge in [-0.1, -0.05) is 0 Å². The van der Waals surface area contributed by atoms with Crippen molar-refractivity contribution in [2.45, 2.75) is 11.8 Å². The van der Waals surface area contributed by atoms with E-state index < -0.39 is 10.1 Å². The third kappa shape index (κ3) is 2.22. The van der Waals surface area contributed by atoms with Gasteiger partial charge in [-0.15, -0.1) is 0 Å². The number of pyridine rings is 1. The summed E-state index contributed by atoms with van der Waals surface area (Å²) in [5, 5.41) is 0.345. The summed E-state index contributed by atoms with van der Waals surface area (Å²) < 4.78 is 36.8. The minimum absolute atomic E-state index is 0.154. The van der Waals surface area contributed by atoms with Gasteiger partial charge in [0.15, 0.2) is 0 Å². The molecule has 17 heavy (non-hydrogen) atoms. The van der Waals surface area contributed by atoms with Gasteiger partial charge in [0.2, 0.25) is 0 Å². The maximum atomic E-state index is 11.3. The Kier molecular flexibility index (Phi) is 2.76. The molecule has 0 spiro atoms. The number of rotatable bonds is 2. The van der Waals surface area contributed by atoms with Gasteiger partial charge in [-0.3, -0.25) is 9.54 Å². The molecule has 2 rings (SSSR count). The topological polar surface area (TPSA) is 76.5 Å². The molecule has 0 saturated heterocycles. The zero-order valence-electron chi connectivity index (χ0n) is 9.34. The zero-order chi connectivity index (χ0) is 12.6. The van der Waals surface area contributed by atoms with Crippen LogP contribution in [0.2, 0.25) is 0 Å². The van der Waals surface area contributed by atoms with E-state index in [1.807, 2.05) is 0 Å². The number of benzene rings is 1. The maximum absolute atomic E-state index is 11.3. The lowest BCUT2D eigenvalue weighted by Crippen LogP contribution is -2.01. The van der Waals surface area contributed by atoms with Crippen molar-refractivity contribution in [2.24, 2.45) is 0 Å². The van der Waals surface area contributed by atoms with Gasteiger partial charge in [-0.2, -0.15) is 8.42 Å². The van der Waals surface area contributed by atoms with E-state index in [0.717, 1.165) is 0 Å². The van der Waals surface area contributed by atoms with Gasteiger partial charge in [0.25, 0.3) is 10.1 Å². The Balaban J connectivity index is 2.90. The average Bonchev–Trinajstić information content (AvgIpc) is 2.26. The predicted octanol–water partition coefficient (Wildman–Crippen LogP) is 1.80. The fourth-order valence-electron chi connectivity index (χ4n) is 1.64. The largest absolute Gasteiger partial charge is 0.497 e. The monoisotopic (exact) mass is 253 g/mol. The molecular weight excluding hydrogens is 242 g/mol. The molecule has 0 bridgehead atoms. The van der Waals surface area contributed by atoms with Crippen molar-refractivity contribution in [3.05, 3.63) is 30.0 Å². The van der Waals surface area contributed by atoms with Gasteiger partial charge in [0.05, 0.1) is 12.6 Å². The zero-order valence-corrected chi connectivity index (χ0v) is 10.2. The van der Waals surface area contributed by atoms with Crippen LogP contribution < -0.4 is 4.74 Å². The second kappa shape index (κ2) is 3.97. The molecule has 1 heterocycles. The van der Waals surface area contributed by atoms with Crippen LogP contribution in [-0.2, 0) is 10.1 Å².